The van der Waals surface area contributed by atoms with E-state index in [9.17, 15) is 44.2 Å². The van der Waals surface area contributed by atoms with Crippen LogP contribution < -0.4 is 5.32 Å². The molecule has 0 unspecified atom stereocenters. The van der Waals surface area contributed by atoms with Gasteiger partial charge in [-0.15, -0.1) is 10.2 Å². The van der Waals surface area contributed by atoms with Crippen molar-refractivity contribution in [1.29, 1.82) is 5.26 Å². The summed E-state index contributed by atoms with van der Waals surface area (Å²) < 4.78 is 99.5. The van der Waals surface area contributed by atoms with Crippen LogP contribution in [-0.4, -0.2) is 43.9 Å². The molecule has 0 aliphatic carbocycles. The Kier molecular flexibility index (Phi) is 10.5. The molecule has 51 heavy (non-hydrogen) atoms. The van der Waals surface area contributed by atoms with Crippen LogP contribution in [0.15, 0.2) is 132 Å². The SMILES string of the molecule is Cc1c(C#N)c(Cc2ccc(S(=O)(=O)O)cc2)nc(Nc2ccc(S(=O)(=O)O)cc2)c1N=Nc1ccc(N=Nc2ccccc2)cc1S(=O)(=O)O. The molecule has 0 aliphatic heterocycles. The molecule has 4 N–H and O–H groups in total. The Bertz CT molecular complexity index is 2560. The maximum Gasteiger partial charge on any atom is 0.296 e. The van der Waals surface area contributed by atoms with E-state index < -0.39 is 35.2 Å². The predicted octanol–water partition coefficient (Wildman–Crippen LogP) is 7.17. The molecule has 19 heteroatoms. The molecule has 0 bridgehead atoms. The van der Waals surface area contributed by atoms with Gasteiger partial charge in [0.15, 0.2) is 5.82 Å². The lowest BCUT2D eigenvalue weighted by molar-refractivity contribution is 0.481. The maximum absolute atomic E-state index is 12.4. The van der Waals surface area contributed by atoms with Crippen molar-refractivity contribution in [2.24, 2.45) is 20.5 Å². The summed E-state index contributed by atoms with van der Waals surface area (Å²) in [5, 5.41) is 29.4. The summed E-state index contributed by atoms with van der Waals surface area (Å²) in [6.07, 6.45) is 0.00911. The number of benzene rings is 4. The van der Waals surface area contributed by atoms with E-state index in [-0.39, 0.29) is 61.6 Å². The van der Waals surface area contributed by atoms with Crippen molar-refractivity contribution < 1.29 is 38.9 Å². The van der Waals surface area contributed by atoms with Crippen LogP contribution in [0.2, 0.25) is 0 Å². The van der Waals surface area contributed by atoms with E-state index in [1.807, 2.05) is 0 Å². The molecule has 4 aromatic carbocycles. The van der Waals surface area contributed by atoms with E-state index in [2.05, 4.69) is 36.8 Å². The summed E-state index contributed by atoms with van der Waals surface area (Å²) >= 11 is 0. The Balaban J connectivity index is 1.60. The van der Waals surface area contributed by atoms with Crippen LogP contribution >= 0.6 is 0 Å². The number of nitriles is 1. The average Bonchev–Trinajstić information content (AvgIpc) is 3.07. The molecule has 0 aliphatic rings. The largest absolute Gasteiger partial charge is 0.338 e. The first kappa shape index (κ1) is 36.5. The fraction of sp³-hybridized carbons (Fsp3) is 0.0625. The number of nitrogens with one attached hydrogen (secondary N) is 1. The Hall–Kier alpha value is -5.75. The molecule has 1 aromatic heterocycles. The number of nitrogens with zero attached hydrogens (tertiary/aromatic N) is 6. The molecule has 1 heterocycles. The summed E-state index contributed by atoms with van der Waals surface area (Å²) in [4.78, 5) is 3.22. The number of aromatic nitrogens is 1. The molecule has 16 nitrogen and oxygen atoms in total. The first-order valence-electron chi connectivity index (χ1n) is 14.4. The summed E-state index contributed by atoms with van der Waals surface area (Å²) in [5.41, 5.74) is 1.54. The van der Waals surface area contributed by atoms with Crippen LogP contribution in [0.5, 0.6) is 0 Å². The minimum absolute atomic E-state index is 0.00911. The van der Waals surface area contributed by atoms with Gasteiger partial charge in [-0.3, -0.25) is 13.7 Å². The molecular formula is C32H25N7O9S3. The average molecular weight is 748 g/mol. The monoisotopic (exact) mass is 747 g/mol. The van der Waals surface area contributed by atoms with Gasteiger partial charge >= 0.3 is 0 Å². The molecule has 0 atom stereocenters. The van der Waals surface area contributed by atoms with Crippen molar-refractivity contribution in [1.82, 2.24) is 4.98 Å². The molecule has 0 spiro atoms. The number of azo groups is 2. The first-order chi connectivity index (χ1) is 24.0. The van der Waals surface area contributed by atoms with Crippen LogP contribution in [0.25, 0.3) is 0 Å². The lowest BCUT2D eigenvalue weighted by Crippen LogP contribution is -2.05. The van der Waals surface area contributed by atoms with Crippen molar-refractivity contribution in [3.8, 4) is 6.07 Å². The highest BCUT2D eigenvalue weighted by Gasteiger charge is 2.21. The topological polar surface area (TPSA) is 261 Å². The lowest BCUT2D eigenvalue weighted by atomic mass is 10.0. The van der Waals surface area contributed by atoms with Gasteiger partial charge in [-0.2, -0.15) is 40.7 Å². The highest BCUT2D eigenvalue weighted by Crippen LogP contribution is 2.37. The summed E-state index contributed by atoms with van der Waals surface area (Å²) in [6, 6.07) is 24.5. The maximum atomic E-state index is 12.4. The Labute approximate surface area is 292 Å². The number of hydrogen-bond acceptors (Lipinski definition) is 13. The third-order valence-corrected chi connectivity index (χ3v) is 9.74. The van der Waals surface area contributed by atoms with Crippen molar-refractivity contribution >= 4 is 64.6 Å². The minimum atomic E-state index is -4.86. The Morgan fingerprint density at radius 2 is 1.29 bits per heavy atom. The van der Waals surface area contributed by atoms with E-state index >= 15 is 0 Å². The van der Waals surface area contributed by atoms with E-state index in [1.54, 1.807) is 30.3 Å². The molecule has 0 saturated heterocycles. The van der Waals surface area contributed by atoms with E-state index in [1.165, 1.54) is 55.5 Å². The summed E-state index contributed by atoms with van der Waals surface area (Å²) in [5.74, 6) is -0.0129. The second-order valence-corrected chi connectivity index (χ2v) is 14.9. The zero-order valence-electron chi connectivity index (χ0n) is 26.1. The van der Waals surface area contributed by atoms with E-state index in [0.29, 0.717) is 11.3 Å². The van der Waals surface area contributed by atoms with Gasteiger partial charge < -0.3 is 5.32 Å². The molecule has 0 amide bonds. The van der Waals surface area contributed by atoms with Gasteiger partial charge in [0.05, 0.1) is 32.4 Å². The van der Waals surface area contributed by atoms with Crippen LogP contribution in [0.4, 0.5) is 34.3 Å². The predicted molar refractivity (Wildman–Crippen MR) is 183 cm³/mol. The van der Waals surface area contributed by atoms with E-state index in [0.717, 1.165) is 18.2 Å². The standard InChI is InChI=1S/C32H25N7O9S3/c1-20-27(19-33)29(17-21-7-12-25(13-8-21)49(40,41)42)35-32(34-22-9-14-26(15-10-22)50(43,44)45)31(20)39-38-28-16-11-24(18-30(28)51(46,47)48)37-36-23-5-3-2-4-6-23/h2-16,18H,17H2,1H3,(H,34,35)(H,40,41,42)(H,43,44,45)(H,46,47,48). The van der Waals surface area contributed by atoms with Gasteiger partial charge in [0, 0.05) is 17.7 Å². The number of anilines is 2. The number of pyridine rings is 1. The van der Waals surface area contributed by atoms with Crippen LogP contribution in [0.3, 0.4) is 0 Å². The van der Waals surface area contributed by atoms with Gasteiger partial charge in [0.2, 0.25) is 0 Å². The summed E-state index contributed by atoms with van der Waals surface area (Å²) in [6.45, 7) is 1.53. The lowest BCUT2D eigenvalue weighted by Gasteiger charge is -2.15. The van der Waals surface area contributed by atoms with Gasteiger partial charge in [-0.1, -0.05) is 30.3 Å². The van der Waals surface area contributed by atoms with Crippen molar-refractivity contribution in [3.63, 3.8) is 0 Å². The summed E-state index contributed by atoms with van der Waals surface area (Å²) in [7, 11) is -13.8. The molecule has 0 fully saturated rings. The fourth-order valence-corrected chi connectivity index (χ4v) is 6.23. The van der Waals surface area contributed by atoms with Gasteiger partial charge in [-0.05, 0) is 79.2 Å². The normalized spacial score (nSPS) is 12.3. The van der Waals surface area contributed by atoms with Gasteiger partial charge in [0.25, 0.3) is 30.4 Å². The minimum Gasteiger partial charge on any atom is -0.338 e. The zero-order valence-corrected chi connectivity index (χ0v) is 28.6. The third-order valence-electron chi connectivity index (χ3n) is 7.13. The quantitative estimate of drug-likeness (QED) is 0.0774. The van der Waals surface area contributed by atoms with Crippen LogP contribution in [0, 0.1) is 18.3 Å². The Morgan fingerprint density at radius 3 is 1.86 bits per heavy atom. The molecular weight excluding hydrogens is 723 g/mol. The third kappa shape index (κ3) is 9.08. The molecule has 5 rings (SSSR count). The number of rotatable bonds is 11. The molecule has 0 radical (unpaired) electrons. The van der Waals surface area contributed by atoms with E-state index in [4.69, 9.17) is 0 Å². The van der Waals surface area contributed by atoms with Crippen LogP contribution in [-0.2, 0) is 36.8 Å². The Morgan fingerprint density at radius 1 is 0.706 bits per heavy atom. The fourth-order valence-electron chi connectivity index (χ4n) is 4.63. The van der Waals surface area contributed by atoms with Crippen molar-refractivity contribution in [3.05, 3.63) is 119 Å². The van der Waals surface area contributed by atoms with Crippen molar-refractivity contribution in [2.45, 2.75) is 28.0 Å². The zero-order chi connectivity index (χ0) is 37.0. The highest BCUT2D eigenvalue weighted by molar-refractivity contribution is 7.86. The van der Waals surface area contributed by atoms with Gasteiger partial charge in [-0.25, -0.2) is 4.98 Å². The second kappa shape index (κ2) is 14.6. The van der Waals surface area contributed by atoms with Crippen molar-refractivity contribution in [2.75, 3.05) is 5.32 Å². The second-order valence-electron chi connectivity index (χ2n) is 10.7. The molecule has 0 saturated carbocycles. The smallest absolute Gasteiger partial charge is 0.296 e. The first-order valence-corrected chi connectivity index (χ1v) is 18.7. The molecule has 260 valence electrons. The highest BCUT2D eigenvalue weighted by atomic mass is 32.2. The van der Waals surface area contributed by atoms with Crippen LogP contribution in [0.1, 0.15) is 22.4 Å². The number of hydrogen-bond donors (Lipinski definition) is 4. The van der Waals surface area contributed by atoms with Gasteiger partial charge in [0.1, 0.15) is 22.3 Å². The molecule has 5 aromatic rings.